The first kappa shape index (κ1) is 12.1. The van der Waals surface area contributed by atoms with Crippen LogP contribution in [0, 0.1) is 4.84 Å². The Kier molecular flexibility index (Phi) is 2.94. The maximum absolute atomic E-state index is 12.1. The van der Waals surface area contributed by atoms with Gasteiger partial charge in [-0.2, -0.15) is 0 Å². The summed E-state index contributed by atoms with van der Waals surface area (Å²) in [5, 5.41) is 6.51. The molecule has 1 aromatic heterocycles. The van der Waals surface area contributed by atoms with E-state index in [1.54, 1.807) is 17.0 Å². The highest BCUT2D eigenvalue weighted by Crippen LogP contribution is 2.27. The molecule has 1 aliphatic rings. The summed E-state index contributed by atoms with van der Waals surface area (Å²) < 4.78 is 5.22. The number of benzene rings is 1. The number of hydrogen-bond donors (Lipinski definition) is 1. The fraction of sp³-hybridized carbons (Fsp3) is 0.308. The summed E-state index contributed by atoms with van der Waals surface area (Å²) in [5.74, 6) is 0.483. The van der Waals surface area contributed by atoms with Gasteiger partial charge in [-0.25, -0.2) is 5.10 Å². The van der Waals surface area contributed by atoms with Crippen molar-refractivity contribution in [1.29, 1.82) is 0 Å². The molecule has 1 heterocycles. The average Bonchev–Trinajstić information content (AvgIpc) is 3.19. The van der Waals surface area contributed by atoms with Gasteiger partial charge in [0.1, 0.15) is 0 Å². The van der Waals surface area contributed by atoms with Gasteiger partial charge < -0.3 is 9.32 Å². The number of carbonyl (C=O) groups is 1. The number of amides is 1. The fourth-order valence-electron chi connectivity index (χ4n) is 1.94. The number of carbonyl (C=O) groups excluding carboxylic acids is 1. The highest BCUT2D eigenvalue weighted by molar-refractivity contribution is 7.71. The molecule has 98 valence electrons. The molecule has 1 N–H and O–H groups in total. The molecule has 0 saturated heterocycles. The summed E-state index contributed by atoms with van der Waals surface area (Å²) in [5.41, 5.74) is 1.46. The second-order valence-electron chi connectivity index (χ2n) is 4.64. The minimum Gasteiger partial charge on any atom is -0.409 e. The highest BCUT2D eigenvalue weighted by Gasteiger charge is 2.29. The molecular weight excluding hydrogens is 262 g/mol. The lowest BCUT2D eigenvalue weighted by Crippen LogP contribution is -2.28. The lowest BCUT2D eigenvalue weighted by Gasteiger charge is -2.16. The van der Waals surface area contributed by atoms with E-state index in [1.165, 1.54) is 0 Å². The Morgan fingerprint density at radius 1 is 1.42 bits per heavy atom. The summed E-state index contributed by atoms with van der Waals surface area (Å²) in [6.07, 6.45) is 2.21. The van der Waals surface area contributed by atoms with E-state index in [-0.39, 0.29) is 10.7 Å². The molecule has 19 heavy (non-hydrogen) atoms. The van der Waals surface area contributed by atoms with Gasteiger partial charge >= 0.3 is 0 Å². The van der Waals surface area contributed by atoms with Gasteiger partial charge in [-0.1, -0.05) is 0 Å². The molecule has 1 aromatic carbocycles. The normalized spacial score (nSPS) is 14.4. The largest absolute Gasteiger partial charge is 0.409 e. The molecule has 1 saturated carbocycles. The Balaban J connectivity index is 1.82. The summed E-state index contributed by atoms with van der Waals surface area (Å²) >= 11 is 4.82. The smallest absolute Gasteiger partial charge is 0.284 e. The number of nitrogens with zero attached hydrogens (tertiary/aromatic N) is 2. The molecule has 1 amide bonds. The van der Waals surface area contributed by atoms with Crippen molar-refractivity contribution in [1.82, 2.24) is 15.1 Å². The average molecular weight is 275 g/mol. The van der Waals surface area contributed by atoms with E-state index >= 15 is 0 Å². The first-order valence-electron chi connectivity index (χ1n) is 6.08. The molecule has 0 unspecified atom stereocenters. The van der Waals surface area contributed by atoms with Crippen molar-refractivity contribution in [3.8, 4) is 11.5 Å². The number of aromatic amines is 1. The Hall–Kier alpha value is -1.95. The molecule has 1 fully saturated rings. The first-order valence-corrected chi connectivity index (χ1v) is 6.49. The monoisotopic (exact) mass is 275 g/mol. The molecule has 5 nitrogen and oxygen atoms in total. The van der Waals surface area contributed by atoms with Crippen LogP contribution in [0.1, 0.15) is 23.2 Å². The minimum absolute atomic E-state index is 0.0528. The van der Waals surface area contributed by atoms with Crippen molar-refractivity contribution in [3.05, 3.63) is 34.7 Å². The molecule has 6 heteroatoms. The van der Waals surface area contributed by atoms with Crippen molar-refractivity contribution in [3.63, 3.8) is 0 Å². The zero-order chi connectivity index (χ0) is 13.4. The van der Waals surface area contributed by atoms with E-state index in [0.29, 0.717) is 17.5 Å². The van der Waals surface area contributed by atoms with Crippen LogP contribution in [0.5, 0.6) is 0 Å². The topological polar surface area (TPSA) is 62.1 Å². The molecule has 3 rings (SSSR count). The van der Waals surface area contributed by atoms with E-state index in [0.717, 1.165) is 18.4 Å². The molecule has 0 bridgehead atoms. The van der Waals surface area contributed by atoms with E-state index in [2.05, 4.69) is 10.2 Å². The highest BCUT2D eigenvalue weighted by atomic mass is 32.1. The third kappa shape index (κ3) is 2.44. The molecule has 0 radical (unpaired) electrons. The summed E-state index contributed by atoms with van der Waals surface area (Å²) in [6.45, 7) is 0. The molecule has 0 aliphatic heterocycles. The van der Waals surface area contributed by atoms with Crippen molar-refractivity contribution < 1.29 is 9.21 Å². The number of aromatic nitrogens is 2. The van der Waals surface area contributed by atoms with Gasteiger partial charge in [0.05, 0.1) is 0 Å². The van der Waals surface area contributed by atoms with Gasteiger partial charge in [0.2, 0.25) is 5.89 Å². The Labute approximate surface area is 115 Å². The number of H-pyrrole nitrogens is 1. The number of rotatable bonds is 3. The van der Waals surface area contributed by atoms with Crippen molar-refractivity contribution in [2.24, 2.45) is 0 Å². The quantitative estimate of drug-likeness (QED) is 0.875. The van der Waals surface area contributed by atoms with Gasteiger partial charge in [-0.15, -0.1) is 5.10 Å². The van der Waals surface area contributed by atoms with Gasteiger partial charge in [0.25, 0.3) is 10.7 Å². The van der Waals surface area contributed by atoms with Crippen LogP contribution in [0.4, 0.5) is 0 Å². The maximum atomic E-state index is 12.1. The van der Waals surface area contributed by atoms with E-state index in [4.69, 9.17) is 16.6 Å². The van der Waals surface area contributed by atoms with Gasteiger partial charge in [-0.05, 0) is 49.3 Å². The third-order valence-electron chi connectivity index (χ3n) is 3.23. The molecule has 1 aliphatic carbocycles. The Morgan fingerprint density at radius 2 is 2.11 bits per heavy atom. The second-order valence-corrected chi connectivity index (χ2v) is 5.01. The summed E-state index contributed by atoms with van der Waals surface area (Å²) in [6, 6.07) is 7.59. The molecule has 2 aromatic rings. The van der Waals surface area contributed by atoms with Crippen molar-refractivity contribution in [2.45, 2.75) is 18.9 Å². The zero-order valence-electron chi connectivity index (χ0n) is 10.4. The van der Waals surface area contributed by atoms with Crippen LogP contribution in [0.15, 0.2) is 28.7 Å². The Bertz CT molecular complexity index is 655. The van der Waals surface area contributed by atoms with Crippen molar-refractivity contribution >= 4 is 18.1 Å². The van der Waals surface area contributed by atoms with Gasteiger partial charge in [0.15, 0.2) is 0 Å². The van der Waals surface area contributed by atoms with Crippen LogP contribution in [-0.4, -0.2) is 34.1 Å². The predicted octanol–water partition coefficient (Wildman–Crippen LogP) is 2.63. The van der Waals surface area contributed by atoms with E-state index in [9.17, 15) is 4.79 Å². The van der Waals surface area contributed by atoms with Crippen LogP contribution in [0.3, 0.4) is 0 Å². The third-order valence-corrected chi connectivity index (χ3v) is 3.41. The second kappa shape index (κ2) is 4.62. The molecular formula is C13H13N3O2S. The summed E-state index contributed by atoms with van der Waals surface area (Å²) in [7, 11) is 1.85. The van der Waals surface area contributed by atoms with Crippen LogP contribution in [0.2, 0.25) is 0 Å². The van der Waals surface area contributed by atoms with Gasteiger partial charge in [-0.3, -0.25) is 4.79 Å². The van der Waals surface area contributed by atoms with Crippen molar-refractivity contribution in [2.75, 3.05) is 7.05 Å². The Morgan fingerprint density at radius 3 is 2.63 bits per heavy atom. The maximum Gasteiger partial charge on any atom is 0.284 e. The number of nitrogens with one attached hydrogen (secondary N) is 1. The van der Waals surface area contributed by atoms with Crippen LogP contribution >= 0.6 is 12.2 Å². The van der Waals surface area contributed by atoms with Crippen LogP contribution in [0.25, 0.3) is 11.5 Å². The zero-order valence-corrected chi connectivity index (χ0v) is 11.2. The van der Waals surface area contributed by atoms with Gasteiger partial charge in [0, 0.05) is 24.2 Å². The standard InChI is InChI=1S/C13H13N3O2S/c1-16(10-6-7-10)12(17)9-4-2-8(3-5-9)11-14-15-13(19)18-11/h2-5,10H,6-7H2,1H3,(H,15,19). The molecule has 0 spiro atoms. The SMILES string of the molecule is CN(C(=O)c1ccc(-c2n[nH]c(=S)o2)cc1)C1CC1. The van der Waals surface area contributed by atoms with Crippen LogP contribution in [-0.2, 0) is 0 Å². The summed E-state index contributed by atoms with van der Waals surface area (Å²) in [4.78, 5) is 14.2. The first-order chi connectivity index (χ1) is 9.15. The fourth-order valence-corrected chi connectivity index (χ4v) is 2.06. The lowest BCUT2D eigenvalue weighted by atomic mass is 10.1. The van der Waals surface area contributed by atoms with Crippen LogP contribution < -0.4 is 0 Å². The van der Waals surface area contributed by atoms with E-state index in [1.807, 2.05) is 19.2 Å². The minimum atomic E-state index is 0.0528. The lowest BCUT2D eigenvalue weighted by molar-refractivity contribution is 0.0785. The number of hydrogen-bond acceptors (Lipinski definition) is 4. The molecule has 0 atom stereocenters. The van der Waals surface area contributed by atoms with E-state index < -0.39 is 0 Å². The predicted molar refractivity (Wildman–Crippen MR) is 72.2 cm³/mol.